The highest BCUT2D eigenvalue weighted by Crippen LogP contribution is 2.31. The molecule has 7 nitrogen and oxygen atoms in total. The number of benzene rings is 1. The minimum Gasteiger partial charge on any atom is -0.364 e. The zero-order chi connectivity index (χ0) is 15.2. The third kappa shape index (κ3) is 3.88. The van der Waals surface area contributed by atoms with Crippen molar-refractivity contribution in [2.24, 2.45) is 0 Å². The van der Waals surface area contributed by atoms with Gasteiger partial charge < -0.3 is 10.6 Å². The Labute approximate surface area is 130 Å². The van der Waals surface area contributed by atoms with Crippen LogP contribution in [-0.2, 0) is 0 Å². The Bertz CT molecular complexity index is 650. The first-order valence-corrected chi connectivity index (χ1v) is 7.17. The Hall–Kier alpha value is -2.22. The van der Waals surface area contributed by atoms with Crippen LogP contribution in [0.2, 0.25) is 0 Å². The van der Waals surface area contributed by atoms with Gasteiger partial charge in [-0.2, -0.15) is 0 Å². The van der Waals surface area contributed by atoms with Crippen molar-refractivity contribution in [1.82, 2.24) is 9.97 Å². The van der Waals surface area contributed by atoms with E-state index in [4.69, 9.17) is 0 Å². The number of nitro groups is 1. The Kier molecular flexibility index (Phi) is 5.04. The number of aromatic nitrogens is 2. The number of nitrogens with zero attached hydrogens (tertiary/aromatic N) is 3. The van der Waals surface area contributed by atoms with Gasteiger partial charge in [-0.25, -0.2) is 9.97 Å². The van der Waals surface area contributed by atoms with E-state index in [2.05, 4.69) is 36.5 Å². The third-order valence-corrected chi connectivity index (χ3v) is 3.13. The van der Waals surface area contributed by atoms with E-state index in [0.29, 0.717) is 12.2 Å². The lowest BCUT2D eigenvalue weighted by Crippen LogP contribution is -2.08. The minimum absolute atomic E-state index is 0.159. The summed E-state index contributed by atoms with van der Waals surface area (Å²) in [5, 5.41) is 17.2. The lowest BCUT2D eigenvalue weighted by atomic mass is 10.3. The highest BCUT2D eigenvalue weighted by molar-refractivity contribution is 9.10. The van der Waals surface area contributed by atoms with Crippen molar-refractivity contribution >= 4 is 38.9 Å². The van der Waals surface area contributed by atoms with Gasteiger partial charge in [0.25, 0.3) is 0 Å². The maximum absolute atomic E-state index is 11.3. The number of hydrogen-bond donors (Lipinski definition) is 2. The molecule has 0 saturated carbocycles. The second-order valence-electron chi connectivity index (χ2n) is 4.24. The summed E-state index contributed by atoms with van der Waals surface area (Å²) in [7, 11) is 0. The van der Waals surface area contributed by atoms with Crippen LogP contribution in [0.3, 0.4) is 0 Å². The summed E-state index contributed by atoms with van der Waals surface area (Å²) in [5.41, 5.74) is 0.540. The number of hydrogen-bond acceptors (Lipinski definition) is 6. The predicted molar refractivity (Wildman–Crippen MR) is 84.9 cm³/mol. The fourth-order valence-electron chi connectivity index (χ4n) is 1.72. The molecule has 21 heavy (non-hydrogen) atoms. The van der Waals surface area contributed by atoms with E-state index in [1.54, 1.807) is 6.07 Å². The quantitative estimate of drug-likeness (QED) is 0.608. The smallest absolute Gasteiger partial charge is 0.353 e. The lowest BCUT2D eigenvalue weighted by Gasteiger charge is -2.09. The normalized spacial score (nSPS) is 10.2. The van der Waals surface area contributed by atoms with Crippen LogP contribution in [0.5, 0.6) is 0 Å². The minimum atomic E-state index is -0.488. The van der Waals surface area contributed by atoms with E-state index in [9.17, 15) is 10.1 Å². The molecule has 0 spiro atoms. The molecule has 0 atom stereocenters. The van der Waals surface area contributed by atoms with Gasteiger partial charge in [0.05, 0.1) is 4.92 Å². The topological polar surface area (TPSA) is 93.0 Å². The average molecular weight is 352 g/mol. The maximum atomic E-state index is 11.3. The van der Waals surface area contributed by atoms with Crippen molar-refractivity contribution < 1.29 is 4.92 Å². The predicted octanol–water partition coefficient (Wildman–Crippen LogP) is 3.71. The zero-order valence-corrected chi connectivity index (χ0v) is 12.9. The Morgan fingerprint density at radius 3 is 2.76 bits per heavy atom. The second kappa shape index (κ2) is 6.98. The molecule has 2 aromatic rings. The average Bonchev–Trinajstić information content (AvgIpc) is 2.45. The molecule has 0 radical (unpaired) electrons. The molecule has 0 fully saturated rings. The van der Waals surface area contributed by atoms with E-state index in [0.717, 1.165) is 10.9 Å². The zero-order valence-electron chi connectivity index (χ0n) is 11.3. The lowest BCUT2D eigenvalue weighted by molar-refractivity contribution is -0.383. The number of halogens is 1. The fourth-order valence-corrected chi connectivity index (χ4v) is 2.12. The molecule has 0 saturated heterocycles. The molecular formula is C13H14BrN5O2. The summed E-state index contributed by atoms with van der Waals surface area (Å²) < 4.78 is 0.869. The molecule has 1 aromatic heterocycles. The van der Waals surface area contributed by atoms with Crippen LogP contribution >= 0.6 is 15.9 Å². The van der Waals surface area contributed by atoms with E-state index in [1.807, 2.05) is 25.1 Å². The Balaban J connectivity index is 2.36. The van der Waals surface area contributed by atoms with Crippen molar-refractivity contribution in [2.75, 3.05) is 17.2 Å². The van der Waals surface area contributed by atoms with Crippen molar-refractivity contribution in [3.8, 4) is 0 Å². The van der Waals surface area contributed by atoms with Gasteiger partial charge in [0, 0.05) is 16.7 Å². The largest absolute Gasteiger partial charge is 0.364 e. The van der Waals surface area contributed by atoms with Crippen LogP contribution in [0.1, 0.15) is 13.3 Å². The van der Waals surface area contributed by atoms with E-state index in [-0.39, 0.29) is 17.3 Å². The van der Waals surface area contributed by atoms with Crippen molar-refractivity contribution in [3.63, 3.8) is 0 Å². The molecule has 2 N–H and O–H groups in total. The molecule has 0 aliphatic heterocycles. The third-order valence-electron chi connectivity index (χ3n) is 2.63. The van der Waals surface area contributed by atoms with E-state index in [1.165, 1.54) is 6.33 Å². The first kappa shape index (κ1) is 15.2. The summed E-state index contributed by atoms with van der Waals surface area (Å²) in [6.07, 6.45) is 2.14. The first-order valence-electron chi connectivity index (χ1n) is 6.37. The molecule has 1 heterocycles. The summed E-state index contributed by atoms with van der Waals surface area (Å²) >= 11 is 3.35. The summed E-state index contributed by atoms with van der Waals surface area (Å²) in [6.45, 7) is 2.58. The van der Waals surface area contributed by atoms with Crippen LogP contribution < -0.4 is 10.6 Å². The molecular weight excluding hydrogens is 338 g/mol. The number of nitrogens with one attached hydrogen (secondary N) is 2. The molecule has 0 amide bonds. The summed E-state index contributed by atoms with van der Waals surface area (Å²) in [5.74, 6) is 0.376. The summed E-state index contributed by atoms with van der Waals surface area (Å²) in [6, 6.07) is 7.31. The van der Waals surface area contributed by atoms with E-state index >= 15 is 0 Å². The van der Waals surface area contributed by atoms with Crippen LogP contribution in [0.15, 0.2) is 35.1 Å². The second-order valence-corrected chi connectivity index (χ2v) is 5.15. The standard InChI is InChI=1S/C13H14BrN5O2/c1-2-6-15-12-11(19(20)21)13(17-8-16-12)18-10-5-3-4-9(14)7-10/h3-5,7-8H,2,6H2,1H3,(H2,15,16,17,18). The van der Waals surface area contributed by atoms with Crippen LogP contribution in [0, 0.1) is 10.1 Å². The molecule has 0 aliphatic carbocycles. The monoisotopic (exact) mass is 351 g/mol. The Morgan fingerprint density at radius 2 is 2.10 bits per heavy atom. The van der Waals surface area contributed by atoms with Gasteiger partial charge in [-0.1, -0.05) is 28.9 Å². The highest BCUT2D eigenvalue weighted by atomic mass is 79.9. The fraction of sp³-hybridized carbons (Fsp3) is 0.231. The molecule has 0 aliphatic rings. The molecule has 0 bridgehead atoms. The maximum Gasteiger partial charge on any atom is 0.353 e. The van der Waals surface area contributed by atoms with Crippen LogP contribution in [0.4, 0.5) is 23.0 Å². The van der Waals surface area contributed by atoms with Crippen molar-refractivity contribution in [3.05, 3.63) is 45.2 Å². The van der Waals surface area contributed by atoms with Gasteiger partial charge in [0.15, 0.2) is 0 Å². The van der Waals surface area contributed by atoms with Gasteiger partial charge in [-0.05, 0) is 24.6 Å². The van der Waals surface area contributed by atoms with Crippen molar-refractivity contribution in [2.45, 2.75) is 13.3 Å². The van der Waals surface area contributed by atoms with Gasteiger partial charge in [0.2, 0.25) is 11.6 Å². The van der Waals surface area contributed by atoms with Gasteiger partial charge >= 0.3 is 5.69 Å². The number of anilines is 3. The van der Waals surface area contributed by atoms with Gasteiger partial charge in [-0.3, -0.25) is 10.1 Å². The molecule has 8 heteroatoms. The SMILES string of the molecule is CCCNc1ncnc(Nc2cccc(Br)c2)c1[N+](=O)[O-]. The molecule has 110 valence electrons. The first-order chi connectivity index (χ1) is 10.1. The van der Waals surface area contributed by atoms with Crippen LogP contribution in [0.25, 0.3) is 0 Å². The molecule has 1 aromatic carbocycles. The Morgan fingerprint density at radius 1 is 1.33 bits per heavy atom. The van der Waals surface area contributed by atoms with Gasteiger partial charge in [-0.15, -0.1) is 0 Å². The number of rotatable bonds is 6. The highest BCUT2D eigenvalue weighted by Gasteiger charge is 2.22. The van der Waals surface area contributed by atoms with Crippen LogP contribution in [-0.4, -0.2) is 21.4 Å². The summed E-state index contributed by atoms with van der Waals surface area (Å²) in [4.78, 5) is 18.7. The van der Waals surface area contributed by atoms with E-state index < -0.39 is 4.92 Å². The van der Waals surface area contributed by atoms with Crippen molar-refractivity contribution in [1.29, 1.82) is 0 Å². The molecule has 2 rings (SSSR count). The molecule has 0 unspecified atom stereocenters. The van der Waals surface area contributed by atoms with Gasteiger partial charge in [0.1, 0.15) is 6.33 Å².